The molecule has 3 aliphatic heterocycles. The molecule has 3 saturated heterocycles. The van der Waals surface area contributed by atoms with E-state index in [4.69, 9.17) is 0 Å². The van der Waals surface area contributed by atoms with Crippen molar-refractivity contribution in [1.82, 2.24) is 14.9 Å². The number of piperazine rings is 1. The molecule has 2 atom stereocenters. The summed E-state index contributed by atoms with van der Waals surface area (Å²) in [6.07, 6.45) is -1.97. The van der Waals surface area contributed by atoms with Crippen molar-refractivity contribution < 1.29 is 18.0 Å². The van der Waals surface area contributed by atoms with Crippen LogP contribution in [0.25, 0.3) is 0 Å². The first kappa shape index (κ1) is 19.6. The SMILES string of the molecule is Cc1ncnc(N2CC3CC(C2)N3CC(=O)Nc2ccccc2C(F)(F)F)c1C. The molecule has 3 fully saturated rings. The molecule has 4 heterocycles. The minimum absolute atomic E-state index is 0.0805. The normalized spacial score (nSPS) is 21.6. The molecule has 5 rings (SSSR count). The second-order valence-corrected chi connectivity index (χ2v) is 7.62. The van der Waals surface area contributed by atoms with Gasteiger partial charge in [-0.15, -0.1) is 0 Å². The predicted octanol–water partition coefficient (Wildman–Crippen LogP) is 3.01. The van der Waals surface area contributed by atoms with Gasteiger partial charge in [0, 0.05) is 36.4 Å². The van der Waals surface area contributed by atoms with Crippen LogP contribution in [0.5, 0.6) is 0 Å². The van der Waals surface area contributed by atoms with Crippen molar-refractivity contribution in [2.75, 3.05) is 29.9 Å². The molecule has 0 spiro atoms. The van der Waals surface area contributed by atoms with Gasteiger partial charge < -0.3 is 10.2 Å². The van der Waals surface area contributed by atoms with Crippen LogP contribution in [-0.4, -0.2) is 52.5 Å². The Morgan fingerprint density at radius 3 is 2.55 bits per heavy atom. The van der Waals surface area contributed by atoms with Crippen LogP contribution in [0.2, 0.25) is 0 Å². The Hall–Kier alpha value is -2.68. The van der Waals surface area contributed by atoms with Crippen LogP contribution in [-0.2, 0) is 11.0 Å². The van der Waals surface area contributed by atoms with Crippen molar-refractivity contribution in [3.63, 3.8) is 0 Å². The number of nitrogens with zero attached hydrogens (tertiary/aromatic N) is 4. The molecular weight excluding hydrogens is 383 g/mol. The van der Waals surface area contributed by atoms with Crippen molar-refractivity contribution in [2.24, 2.45) is 0 Å². The highest BCUT2D eigenvalue weighted by Gasteiger charge is 2.46. The summed E-state index contributed by atoms with van der Waals surface area (Å²) in [6, 6.07) is 5.41. The van der Waals surface area contributed by atoms with Crippen molar-refractivity contribution in [2.45, 2.75) is 38.5 Å². The van der Waals surface area contributed by atoms with Crippen molar-refractivity contribution in [1.29, 1.82) is 0 Å². The van der Waals surface area contributed by atoms with Crippen LogP contribution in [0.3, 0.4) is 0 Å². The second kappa shape index (κ2) is 7.29. The Kier molecular flexibility index (Phi) is 4.94. The zero-order valence-electron chi connectivity index (χ0n) is 16.2. The van der Waals surface area contributed by atoms with Gasteiger partial charge in [-0.2, -0.15) is 13.2 Å². The van der Waals surface area contributed by atoms with Gasteiger partial charge in [-0.1, -0.05) is 12.1 Å². The molecule has 0 aliphatic carbocycles. The summed E-state index contributed by atoms with van der Waals surface area (Å²) in [4.78, 5) is 25.3. The van der Waals surface area contributed by atoms with E-state index in [1.807, 2.05) is 13.8 Å². The number of rotatable bonds is 4. The third-order valence-electron chi connectivity index (χ3n) is 5.79. The maximum absolute atomic E-state index is 13.1. The number of aromatic nitrogens is 2. The third kappa shape index (κ3) is 3.78. The Bertz CT molecular complexity index is 921. The summed E-state index contributed by atoms with van der Waals surface area (Å²) >= 11 is 0. The van der Waals surface area contributed by atoms with Crippen molar-refractivity contribution in [3.8, 4) is 0 Å². The number of carbonyl (C=O) groups excluding carboxylic acids is 1. The lowest BCUT2D eigenvalue weighted by Crippen LogP contribution is -2.70. The molecule has 2 bridgehead atoms. The Labute approximate surface area is 166 Å². The number of amides is 1. The molecule has 154 valence electrons. The van der Waals surface area contributed by atoms with E-state index in [9.17, 15) is 18.0 Å². The van der Waals surface area contributed by atoms with Gasteiger partial charge in [-0.25, -0.2) is 9.97 Å². The van der Waals surface area contributed by atoms with Crippen molar-refractivity contribution in [3.05, 3.63) is 47.4 Å². The van der Waals surface area contributed by atoms with Crippen LogP contribution >= 0.6 is 0 Å². The average Bonchev–Trinajstić information content (AvgIpc) is 2.68. The maximum Gasteiger partial charge on any atom is 0.418 e. The van der Waals surface area contributed by atoms with Gasteiger partial charge in [-0.05, 0) is 32.4 Å². The molecular formula is C20H22F3N5O. The van der Waals surface area contributed by atoms with Crippen LogP contribution in [0.1, 0.15) is 23.2 Å². The van der Waals surface area contributed by atoms with Gasteiger partial charge in [0.25, 0.3) is 0 Å². The summed E-state index contributed by atoms with van der Waals surface area (Å²) < 4.78 is 39.3. The molecule has 0 radical (unpaired) electrons. The molecule has 2 unspecified atom stereocenters. The van der Waals surface area contributed by atoms with Crippen LogP contribution in [0, 0.1) is 13.8 Å². The lowest BCUT2D eigenvalue weighted by atomic mass is 9.87. The van der Waals surface area contributed by atoms with E-state index in [1.54, 1.807) is 6.33 Å². The number of hydrogen-bond acceptors (Lipinski definition) is 5. The lowest BCUT2D eigenvalue weighted by Gasteiger charge is -2.56. The molecule has 1 aromatic heterocycles. The molecule has 0 saturated carbocycles. The summed E-state index contributed by atoms with van der Waals surface area (Å²) in [7, 11) is 0. The summed E-state index contributed by atoms with van der Waals surface area (Å²) in [5.74, 6) is 0.481. The average molecular weight is 405 g/mol. The zero-order chi connectivity index (χ0) is 20.8. The number of carbonyl (C=O) groups is 1. The fraction of sp³-hybridized carbons (Fsp3) is 0.450. The van der Waals surface area contributed by atoms with E-state index >= 15 is 0 Å². The number of aryl methyl sites for hydroxylation is 1. The van der Waals surface area contributed by atoms with E-state index in [0.29, 0.717) is 0 Å². The summed E-state index contributed by atoms with van der Waals surface area (Å²) in [5.41, 5.74) is 0.943. The quantitative estimate of drug-likeness (QED) is 0.848. The van der Waals surface area contributed by atoms with E-state index in [-0.39, 0.29) is 24.3 Å². The largest absolute Gasteiger partial charge is 0.418 e. The number of fused-ring (bicyclic) bond motifs is 2. The standard InChI is InChI=1S/C20H22F3N5O/c1-12-13(2)24-11-25-19(12)27-8-14-7-15(9-27)28(14)10-18(29)26-17-6-4-3-5-16(17)20(21,22)23/h3-6,11,14-15H,7-10H2,1-2H3,(H,26,29). The molecule has 9 heteroatoms. The van der Waals surface area contributed by atoms with Gasteiger partial charge in [0.15, 0.2) is 0 Å². The number of nitrogens with one attached hydrogen (secondary N) is 1. The Morgan fingerprint density at radius 2 is 1.86 bits per heavy atom. The number of hydrogen-bond donors (Lipinski definition) is 1. The van der Waals surface area contributed by atoms with Crippen LogP contribution < -0.4 is 10.2 Å². The molecule has 1 amide bonds. The first-order valence-corrected chi connectivity index (χ1v) is 9.49. The highest BCUT2D eigenvalue weighted by atomic mass is 19.4. The van der Waals surface area contributed by atoms with Gasteiger partial charge >= 0.3 is 6.18 Å². The van der Waals surface area contributed by atoms with Crippen molar-refractivity contribution >= 4 is 17.4 Å². The fourth-order valence-electron chi connectivity index (χ4n) is 4.16. The predicted molar refractivity (Wildman–Crippen MR) is 103 cm³/mol. The summed E-state index contributed by atoms with van der Waals surface area (Å²) in [5, 5.41) is 2.43. The number of para-hydroxylation sites is 1. The number of alkyl halides is 3. The molecule has 1 N–H and O–H groups in total. The minimum Gasteiger partial charge on any atom is -0.353 e. The zero-order valence-corrected chi connectivity index (χ0v) is 16.2. The van der Waals surface area contributed by atoms with E-state index in [1.165, 1.54) is 18.2 Å². The second-order valence-electron chi connectivity index (χ2n) is 7.62. The minimum atomic E-state index is -4.51. The summed E-state index contributed by atoms with van der Waals surface area (Å²) in [6.45, 7) is 5.49. The maximum atomic E-state index is 13.1. The van der Waals surface area contributed by atoms with Gasteiger partial charge in [-0.3, -0.25) is 9.69 Å². The molecule has 3 aliphatic rings. The van der Waals surface area contributed by atoms with Crippen LogP contribution in [0.4, 0.5) is 24.7 Å². The Morgan fingerprint density at radius 1 is 1.17 bits per heavy atom. The number of benzene rings is 1. The first-order valence-electron chi connectivity index (χ1n) is 9.49. The lowest BCUT2D eigenvalue weighted by molar-refractivity contribution is -0.137. The Balaban J connectivity index is 1.39. The third-order valence-corrected chi connectivity index (χ3v) is 5.79. The monoisotopic (exact) mass is 405 g/mol. The molecule has 29 heavy (non-hydrogen) atoms. The van der Waals surface area contributed by atoms with Gasteiger partial charge in [0.05, 0.1) is 17.8 Å². The topological polar surface area (TPSA) is 61.4 Å². The molecule has 1 aromatic carbocycles. The fourth-order valence-corrected chi connectivity index (χ4v) is 4.16. The smallest absolute Gasteiger partial charge is 0.353 e. The van der Waals surface area contributed by atoms with Gasteiger partial charge in [0.2, 0.25) is 5.91 Å². The van der Waals surface area contributed by atoms with E-state index in [2.05, 4.69) is 25.1 Å². The number of anilines is 2. The number of halogens is 3. The molecule has 6 nitrogen and oxygen atoms in total. The van der Waals surface area contributed by atoms with E-state index < -0.39 is 17.6 Å². The first-order chi connectivity index (χ1) is 13.7. The van der Waals surface area contributed by atoms with Gasteiger partial charge in [0.1, 0.15) is 12.1 Å². The highest BCUT2D eigenvalue weighted by Crippen LogP contribution is 2.36. The van der Waals surface area contributed by atoms with Crippen LogP contribution in [0.15, 0.2) is 30.6 Å². The molecule has 2 aromatic rings. The number of piperidine rings is 1. The highest BCUT2D eigenvalue weighted by molar-refractivity contribution is 5.93. The van der Waals surface area contributed by atoms with E-state index in [0.717, 1.165) is 42.7 Å².